The van der Waals surface area contributed by atoms with Gasteiger partial charge in [-0.1, -0.05) is 11.6 Å². The van der Waals surface area contributed by atoms with Gasteiger partial charge in [0.05, 0.1) is 19.0 Å². The Bertz CT molecular complexity index is 567. The van der Waals surface area contributed by atoms with Gasteiger partial charge in [-0.2, -0.15) is 0 Å². The Morgan fingerprint density at radius 1 is 1.32 bits per heavy atom. The van der Waals surface area contributed by atoms with Crippen molar-refractivity contribution in [3.05, 3.63) is 22.7 Å². The number of halogens is 2. The highest BCUT2D eigenvalue weighted by Gasteiger charge is 2.22. The second-order valence-corrected chi connectivity index (χ2v) is 7.63. The largest absolute Gasteiger partial charge is 0.493 e. The summed E-state index contributed by atoms with van der Waals surface area (Å²) in [6.07, 6.45) is 3.29. The first-order chi connectivity index (χ1) is 8.89. The summed E-state index contributed by atoms with van der Waals surface area (Å²) >= 11 is 6.01. The van der Waals surface area contributed by atoms with E-state index in [1.54, 1.807) is 12.1 Å². The van der Waals surface area contributed by atoms with Gasteiger partial charge in [0, 0.05) is 21.8 Å². The molecule has 1 aliphatic carbocycles. The predicted octanol–water partition coefficient (Wildman–Crippen LogP) is 3.35. The summed E-state index contributed by atoms with van der Waals surface area (Å²) in [4.78, 5) is 0. The van der Waals surface area contributed by atoms with Crippen molar-refractivity contribution in [1.82, 2.24) is 0 Å². The van der Waals surface area contributed by atoms with Crippen LogP contribution in [0.5, 0.6) is 11.5 Å². The first-order valence-corrected chi connectivity index (χ1v) is 8.70. The fraction of sp³-hybridized carbons (Fsp3) is 0.500. The molecule has 2 rings (SSSR count). The minimum absolute atomic E-state index is 0.163. The van der Waals surface area contributed by atoms with E-state index in [-0.39, 0.29) is 11.9 Å². The van der Waals surface area contributed by atoms with Crippen LogP contribution in [0.4, 0.5) is 0 Å². The Hall–Kier alpha value is -0.650. The Balaban J connectivity index is 2.30. The SMILES string of the molecule is COc1cc(Cl)c(CS(=O)(=O)Cl)cc1OC1CCC1. The highest BCUT2D eigenvalue weighted by Crippen LogP contribution is 2.37. The van der Waals surface area contributed by atoms with Crippen LogP contribution in [0.1, 0.15) is 24.8 Å². The molecule has 0 heterocycles. The van der Waals surface area contributed by atoms with Crippen LogP contribution >= 0.6 is 22.3 Å². The quantitative estimate of drug-likeness (QED) is 0.779. The summed E-state index contributed by atoms with van der Waals surface area (Å²) in [5.74, 6) is 0.665. The van der Waals surface area contributed by atoms with Gasteiger partial charge in [0.15, 0.2) is 11.5 Å². The standard InChI is InChI=1S/C12H14Cl2O4S/c1-17-11-6-10(13)8(7-19(14,15)16)5-12(11)18-9-3-2-4-9/h5-6,9H,2-4,7H2,1H3. The summed E-state index contributed by atoms with van der Waals surface area (Å²) in [6.45, 7) is 0. The van der Waals surface area contributed by atoms with Gasteiger partial charge in [-0.3, -0.25) is 0 Å². The summed E-state index contributed by atoms with van der Waals surface area (Å²) in [6, 6.07) is 3.13. The van der Waals surface area contributed by atoms with Crippen molar-refractivity contribution in [2.75, 3.05) is 7.11 Å². The molecule has 0 bridgehead atoms. The average molecular weight is 325 g/mol. The number of benzene rings is 1. The van der Waals surface area contributed by atoms with Crippen LogP contribution in [0.2, 0.25) is 5.02 Å². The maximum Gasteiger partial charge on any atom is 0.236 e. The summed E-state index contributed by atoms with van der Waals surface area (Å²) in [7, 11) is 3.10. The molecule has 1 fully saturated rings. The number of rotatable bonds is 5. The van der Waals surface area contributed by atoms with E-state index in [1.807, 2.05) is 0 Å². The lowest BCUT2D eigenvalue weighted by Gasteiger charge is -2.27. The van der Waals surface area contributed by atoms with E-state index in [0.717, 1.165) is 19.3 Å². The molecule has 1 saturated carbocycles. The van der Waals surface area contributed by atoms with Gasteiger partial charge in [-0.15, -0.1) is 0 Å². The molecular formula is C12H14Cl2O4S. The second kappa shape index (κ2) is 5.77. The van der Waals surface area contributed by atoms with Gasteiger partial charge in [-0.05, 0) is 30.9 Å². The Labute approximate surface area is 122 Å². The monoisotopic (exact) mass is 324 g/mol. The molecule has 0 amide bonds. The normalized spacial score (nSPS) is 15.9. The highest BCUT2D eigenvalue weighted by atomic mass is 35.7. The zero-order chi connectivity index (χ0) is 14.0. The van der Waals surface area contributed by atoms with Crippen LogP contribution in [0.3, 0.4) is 0 Å². The molecule has 106 valence electrons. The Morgan fingerprint density at radius 2 is 2.00 bits per heavy atom. The first-order valence-electron chi connectivity index (χ1n) is 5.84. The molecule has 1 aliphatic rings. The Kier molecular flexibility index (Phi) is 4.48. The van der Waals surface area contributed by atoms with Crippen molar-refractivity contribution in [3.63, 3.8) is 0 Å². The van der Waals surface area contributed by atoms with E-state index in [4.69, 9.17) is 31.8 Å². The van der Waals surface area contributed by atoms with Gasteiger partial charge in [0.1, 0.15) is 0 Å². The van der Waals surface area contributed by atoms with Crippen LogP contribution in [-0.2, 0) is 14.8 Å². The average Bonchev–Trinajstić information content (AvgIpc) is 2.25. The lowest BCUT2D eigenvalue weighted by atomic mass is 9.96. The van der Waals surface area contributed by atoms with Gasteiger partial charge < -0.3 is 9.47 Å². The minimum atomic E-state index is -3.66. The van der Waals surface area contributed by atoms with E-state index >= 15 is 0 Å². The third-order valence-corrected chi connectivity index (χ3v) is 4.34. The van der Waals surface area contributed by atoms with E-state index in [2.05, 4.69) is 0 Å². The molecule has 0 N–H and O–H groups in total. The van der Waals surface area contributed by atoms with Crippen LogP contribution in [-0.4, -0.2) is 21.6 Å². The van der Waals surface area contributed by atoms with Crippen molar-refractivity contribution < 1.29 is 17.9 Å². The number of hydrogen-bond donors (Lipinski definition) is 0. The van der Waals surface area contributed by atoms with E-state index in [0.29, 0.717) is 22.1 Å². The molecule has 0 saturated heterocycles. The fourth-order valence-corrected chi connectivity index (χ4v) is 3.06. The number of ether oxygens (including phenoxy) is 2. The van der Waals surface area contributed by atoms with Gasteiger partial charge in [0.2, 0.25) is 9.05 Å². The van der Waals surface area contributed by atoms with Gasteiger partial charge in [0.25, 0.3) is 0 Å². The van der Waals surface area contributed by atoms with Crippen LogP contribution in [0.15, 0.2) is 12.1 Å². The topological polar surface area (TPSA) is 52.6 Å². The molecular weight excluding hydrogens is 311 g/mol. The molecule has 0 spiro atoms. The second-order valence-electron chi connectivity index (χ2n) is 4.45. The van der Waals surface area contributed by atoms with Crippen molar-refractivity contribution in [2.45, 2.75) is 31.1 Å². The molecule has 1 aromatic rings. The smallest absolute Gasteiger partial charge is 0.236 e. The molecule has 19 heavy (non-hydrogen) atoms. The van der Waals surface area contributed by atoms with Gasteiger partial charge >= 0.3 is 0 Å². The number of hydrogen-bond acceptors (Lipinski definition) is 4. The first kappa shape index (κ1) is 14.8. The third-order valence-electron chi connectivity index (χ3n) is 3.01. The molecule has 4 nitrogen and oxygen atoms in total. The zero-order valence-corrected chi connectivity index (χ0v) is 12.7. The highest BCUT2D eigenvalue weighted by molar-refractivity contribution is 8.13. The lowest BCUT2D eigenvalue weighted by molar-refractivity contribution is 0.116. The predicted molar refractivity (Wildman–Crippen MR) is 74.7 cm³/mol. The van der Waals surface area contributed by atoms with E-state index in [1.165, 1.54) is 7.11 Å². The summed E-state index contributed by atoms with van der Waals surface area (Å²) < 4.78 is 33.2. The molecule has 0 atom stereocenters. The van der Waals surface area contributed by atoms with E-state index < -0.39 is 9.05 Å². The van der Waals surface area contributed by atoms with Crippen LogP contribution < -0.4 is 9.47 Å². The minimum Gasteiger partial charge on any atom is -0.493 e. The Morgan fingerprint density at radius 3 is 2.47 bits per heavy atom. The fourth-order valence-electron chi connectivity index (χ4n) is 1.79. The van der Waals surface area contributed by atoms with Crippen molar-refractivity contribution in [1.29, 1.82) is 0 Å². The molecule has 7 heteroatoms. The maximum absolute atomic E-state index is 11.1. The van der Waals surface area contributed by atoms with Crippen molar-refractivity contribution in [2.24, 2.45) is 0 Å². The summed E-state index contributed by atoms with van der Waals surface area (Å²) in [5, 5.41) is 0.294. The lowest BCUT2D eigenvalue weighted by Crippen LogP contribution is -2.24. The maximum atomic E-state index is 11.1. The molecule has 0 aliphatic heterocycles. The van der Waals surface area contributed by atoms with Crippen LogP contribution in [0.25, 0.3) is 0 Å². The molecule has 0 aromatic heterocycles. The van der Waals surface area contributed by atoms with Crippen LogP contribution in [0, 0.1) is 0 Å². The molecule has 0 unspecified atom stereocenters. The third kappa shape index (κ3) is 3.91. The van der Waals surface area contributed by atoms with Crippen molar-refractivity contribution in [3.8, 4) is 11.5 Å². The van der Waals surface area contributed by atoms with Crippen molar-refractivity contribution >= 4 is 31.3 Å². The summed E-state index contributed by atoms with van der Waals surface area (Å²) in [5.41, 5.74) is 0.409. The van der Waals surface area contributed by atoms with Gasteiger partial charge in [-0.25, -0.2) is 8.42 Å². The molecule has 0 radical (unpaired) electrons. The van der Waals surface area contributed by atoms with E-state index in [9.17, 15) is 8.42 Å². The molecule has 1 aromatic carbocycles. The zero-order valence-electron chi connectivity index (χ0n) is 10.4. The number of methoxy groups -OCH3 is 1.